The second-order valence-electron chi connectivity index (χ2n) is 22.4. The van der Waals surface area contributed by atoms with Crippen molar-refractivity contribution in [3.63, 3.8) is 0 Å². The lowest BCUT2D eigenvalue weighted by molar-refractivity contribution is 0.436. The fourth-order valence-electron chi connectivity index (χ4n) is 14.3. The van der Waals surface area contributed by atoms with Gasteiger partial charge in [0.25, 0.3) is 0 Å². The van der Waals surface area contributed by atoms with Gasteiger partial charge in [0.05, 0.1) is 16.8 Å². The average molecular weight is 1090 g/mol. The van der Waals surface area contributed by atoms with Crippen molar-refractivity contribution in [1.82, 2.24) is 0 Å². The molecule has 12 aromatic carbocycles. The van der Waals surface area contributed by atoms with Crippen LogP contribution in [0, 0.1) is 0 Å². The minimum atomic E-state index is -0.751. The van der Waals surface area contributed by atoms with Crippen molar-refractivity contribution in [2.24, 2.45) is 0 Å². The molecule has 6 heteroatoms. The highest BCUT2D eigenvalue weighted by Crippen LogP contribution is 2.64. The normalized spacial score (nSPS) is 14.3. The Morgan fingerprint density at radius 2 is 1.05 bits per heavy atom. The molecule has 4 nitrogen and oxygen atoms in total. The van der Waals surface area contributed by atoms with E-state index in [9.17, 15) is 0 Å². The summed E-state index contributed by atoms with van der Waals surface area (Å²) in [4.78, 5) is 7.23. The van der Waals surface area contributed by atoms with Gasteiger partial charge in [0.2, 0.25) is 0 Å². The van der Waals surface area contributed by atoms with Crippen LogP contribution in [0.25, 0.3) is 66.4 Å². The lowest BCUT2D eigenvalue weighted by Gasteiger charge is -2.39. The molecule has 2 aliphatic carbocycles. The summed E-state index contributed by atoms with van der Waals surface area (Å²) < 4.78 is 13.8. The van der Waals surface area contributed by atoms with E-state index in [2.05, 4.69) is 278 Å². The number of benzene rings is 12. The van der Waals surface area contributed by atoms with E-state index in [-0.39, 0.29) is 5.41 Å². The van der Waals surface area contributed by atoms with Gasteiger partial charge in [-0.2, -0.15) is 0 Å². The number of hydrogen-bond donors (Lipinski definition) is 0. The Bertz CT molecular complexity index is 4800. The molecule has 0 N–H and O–H groups in total. The van der Waals surface area contributed by atoms with E-state index < -0.39 is 5.41 Å². The third kappa shape index (κ3) is 6.75. The molecule has 3 heterocycles. The molecule has 0 bridgehead atoms. The number of furan rings is 1. The van der Waals surface area contributed by atoms with Crippen LogP contribution >= 0.6 is 23.4 Å². The zero-order valence-electron chi connectivity index (χ0n) is 44.8. The van der Waals surface area contributed by atoms with E-state index in [0.717, 1.165) is 112 Å². The molecule has 0 saturated carbocycles. The van der Waals surface area contributed by atoms with Crippen LogP contribution in [0.1, 0.15) is 47.2 Å². The van der Waals surface area contributed by atoms with E-state index in [1.54, 1.807) is 0 Å². The maximum absolute atomic E-state index is 7.10. The second kappa shape index (κ2) is 17.7. The van der Waals surface area contributed by atoms with Crippen LogP contribution in [0.3, 0.4) is 0 Å². The summed E-state index contributed by atoms with van der Waals surface area (Å²) in [5.41, 5.74) is 23.7. The largest absolute Gasteiger partial charge is 0.457 e. The lowest BCUT2D eigenvalue weighted by atomic mass is 9.66. The highest BCUT2D eigenvalue weighted by atomic mass is 35.5. The van der Waals surface area contributed by atoms with Crippen LogP contribution in [0.5, 0.6) is 11.5 Å². The van der Waals surface area contributed by atoms with Crippen LogP contribution in [0.2, 0.25) is 5.02 Å². The summed E-state index contributed by atoms with van der Waals surface area (Å²) >= 11 is 8.92. The zero-order chi connectivity index (χ0) is 54.4. The van der Waals surface area contributed by atoms with Crippen molar-refractivity contribution in [2.45, 2.75) is 34.5 Å². The van der Waals surface area contributed by atoms with E-state index in [1.165, 1.54) is 43.3 Å². The van der Waals surface area contributed by atoms with Gasteiger partial charge in [-0.25, -0.2) is 0 Å². The van der Waals surface area contributed by atoms with Gasteiger partial charge in [0.15, 0.2) is 0 Å². The second-order valence-corrected chi connectivity index (χ2v) is 24.0. The van der Waals surface area contributed by atoms with Crippen molar-refractivity contribution < 1.29 is 9.15 Å². The lowest BCUT2D eigenvalue weighted by Crippen LogP contribution is -2.32. The summed E-state index contributed by atoms with van der Waals surface area (Å²) in [7, 11) is 0. The van der Waals surface area contributed by atoms with Crippen molar-refractivity contribution in [3.05, 3.63) is 299 Å². The number of hydrogen-bond acceptors (Lipinski definition) is 5. The van der Waals surface area contributed by atoms with Crippen LogP contribution < -0.4 is 14.5 Å². The van der Waals surface area contributed by atoms with Crippen LogP contribution in [0.4, 0.5) is 34.1 Å². The molecule has 0 unspecified atom stereocenters. The SMILES string of the molecule is CC1(C)c2ccccc2-c2cccc(-c3cccc(N(c4ccc5c(c4)C4(c6ccccc6Oc6ccccc64)c4cc(Cl)ccc4-5)c4cc(-c5ccc6c(c5)Sc5ccccc5N6c5ccccc5)c5oc6ccccc6c5c4)c3)c21. The van der Waals surface area contributed by atoms with Gasteiger partial charge in [-0.15, -0.1) is 0 Å². The van der Waals surface area contributed by atoms with Gasteiger partial charge in [-0.3, -0.25) is 0 Å². The van der Waals surface area contributed by atoms with Gasteiger partial charge in [0, 0.05) is 70.4 Å². The minimum absolute atomic E-state index is 0.212. The first-order chi connectivity index (χ1) is 40.3. The molecule has 0 fully saturated rings. The Hall–Kier alpha value is -9.52. The fourth-order valence-corrected chi connectivity index (χ4v) is 15.6. The molecule has 4 aliphatic rings. The predicted octanol–water partition coefficient (Wildman–Crippen LogP) is 21.8. The minimum Gasteiger partial charge on any atom is -0.457 e. The maximum atomic E-state index is 7.10. The van der Waals surface area contributed by atoms with Crippen LogP contribution in [-0.2, 0) is 10.8 Å². The third-order valence-electron chi connectivity index (χ3n) is 17.7. The molecule has 1 spiro atoms. The highest BCUT2D eigenvalue weighted by molar-refractivity contribution is 7.99. The maximum Gasteiger partial charge on any atom is 0.143 e. The first-order valence-corrected chi connectivity index (χ1v) is 29.2. The third-order valence-corrected chi connectivity index (χ3v) is 19.1. The molecule has 0 radical (unpaired) electrons. The Labute approximate surface area is 485 Å². The van der Waals surface area contributed by atoms with E-state index >= 15 is 0 Å². The fraction of sp³-hybridized carbons (Fsp3) is 0.0526. The molecule has 0 saturated heterocycles. The average Bonchev–Trinajstić information content (AvgIpc) is 2.30. The quantitative estimate of drug-likeness (QED) is 0.166. The topological polar surface area (TPSA) is 28.9 Å². The first-order valence-electron chi connectivity index (χ1n) is 28.0. The number of anilines is 6. The summed E-state index contributed by atoms with van der Waals surface area (Å²) in [5, 5.41) is 2.79. The Morgan fingerprint density at radius 3 is 1.89 bits per heavy atom. The summed E-state index contributed by atoms with van der Waals surface area (Å²) in [5.74, 6) is 1.66. The molecule has 0 atom stereocenters. The standard InChI is InChI=1S/C76H49ClN2O2S/c1-75(2)61-26-8-6-22-54(61)58-25-17-24-53(73(58)75)46-18-16-21-50(40-46)78(51-36-38-56-55-37-35-48(77)42-64(55)76(65(56)45-51)62-27-9-13-31-69(62)80-70-32-14-10-28-63(70)76)52-43-59(74-60(44-52)57-23-7-12-30-68(57)81-74)47-34-39-67-72(41-47)82-71-33-15-11-29-66(71)79(67)49-19-4-3-5-20-49/h3-45H,1-2H3. The smallest absolute Gasteiger partial charge is 0.143 e. The summed E-state index contributed by atoms with van der Waals surface area (Å²) in [6, 6.07) is 94.9. The monoisotopic (exact) mass is 1090 g/mol. The first kappa shape index (κ1) is 47.3. The van der Waals surface area contributed by atoms with Gasteiger partial charge in [-0.05, 0) is 164 Å². The van der Waals surface area contributed by atoms with Crippen molar-refractivity contribution in [2.75, 3.05) is 9.80 Å². The van der Waals surface area contributed by atoms with E-state index in [1.807, 2.05) is 17.8 Å². The summed E-state index contributed by atoms with van der Waals surface area (Å²) in [6.07, 6.45) is 0. The van der Waals surface area contributed by atoms with Crippen molar-refractivity contribution >= 4 is 79.4 Å². The summed E-state index contributed by atoms with van der Waals surface area (Å²) in [6.45, 7) is 4.75. The number of fused-ring (bicyclic) bond motifs is 17. The van der Waals surface area contributed by atoms with Gasteiger partial charge >= 0.3 is 0 Å². The number of halogens is 1. The molecule has 17 rings (SSSR count). The molecule has 2 aliphatic heterocycles. The van der Waals surface area contributed by atoms with Gasteiger partial charge in [0.1, 0.15) is 22.7 Å². The zero-order valence-corrected chi connectivity index (χ0v) is 46.4. The molecular weight excluding hydrogens is 1040 g/mol. The Kier molecular flexibility index (Phi) is 10.2. The number of rotatable bonds is 6. The molecule has 0 amide bonds. The van der Waals surface area contributed by atoms with Gasteiger partial charge < -0.3 is 19.0 Å². The van der Waals surface area contributed by atoms with Crippen molar-refractivity contribution in [1.29, 1.82) is 0 Å². The predicted molar refractivity (Wildman–Crippen MR) is 338 cm³/mol. The number of nitrogens with zero attached hydrogens (tertiary/aromatic N) is 2. The van der Waals surface area contributed by atoms with Crippen LogP contribution in [-0.4, -0.2) is 0 Å². The van der Waals surface area contributed by atoms with Crippen LogP contribution in [0.15, 0.2) is 275 Å². The highest BCUT2D eigenvalue weighted by Gasteiger charge is 2.51. The van der Waals surface area contributed by atoms with E-state index in [4.69, 9.17) is 20.8 Å². The molecule has 82 heavy (non-hydrogen) atoms. The Morgan fingerprint density at radius 1 is 0.415 bits per heavy atom. The molecule has 1 aromatic heterocycles. The van der Waals surface area contributed by atoms with Crippen molar-refractivity contribution in [3.8, 4) is 56.0 Å². The van der Waals surface area contributed by atoms with Gasteiger partial charge in [-0.1, -0.05) is 195 Å². The van der Waals surface area contributed by atoms with E-state index in [0.29, 0.717) is 5.02 Å². The molecule has 13 aromatic rings. The number of ether oxygens (including phenoxy) is 1. The molecular formula is C76H49ClN2O2S. The number of para-hydroxylation sites is 5. The molecule has 388 valence electrons. The Balaban J connectivity index is 0.925.